The van der Waals surface area contributed by atoms with Gasteiger partial charge in [-0.2, -0.15) is 0 Å². The van der Waals surface area contributed by atoms with Crippen molar-refractivity contribution in [3.63, 3.8) is 0 Å². The highest BCUT2D eigenvalue weighted by Gasteiger charge is 2.27. The normalized spacial score (nSPS) is 15.6. The molecule has 0 saturated carbocycles. The first-order valence-electron chi connectivity index (χ1n) is 5.49. The van der Waals surface area contributed by atoms with Crippen LogP contribution >= 0.6 is 11.6 Å². The first-order valence-corrected chi connectivity index (χ1v) is 5.87. The van der Waals surface area contributed by atoms with E-state index >= 15 is 0 Å². The number of amides is 1. The molecule has 2 rings (SSSR count). The fourth-order valence-corrected chi connectivity index (χ4v) is 1.95. The molecule has 1 N–H and O–H groups in total. The molecule has 0 bridgehead atoms. The standard InChI is InChI=1S/C12H15ClN2O/c1-2-15(11-7-14-8-11)12(16)9-3-5-10(13)6-4-9/h3-6,11,14H,2,7-8H2,1H3. The Morgan fingerprint density at radius 3 is 2.50 bits per heavy atom. The van der Waals surface area contributed by atoms with Crippen LogP contribution in [-0.4, -0.2) is 36.5 Å². The summed E-state index contributed by atoms with van der Waals surface area (Å²) in [6.45, 7) is 4.54. The molecule has 86 valence electrons. The van der Waals surface area contributed by atoms with E-state index in [0.717, 1.165) is 19.6 Å². The molecule has 0 unspecified atom stereocenters. The molecule has 1 aromatic carbocycles. The van der Waals surface area contributed by atoms with E-state index in [4.69, 9.17) is 11.6 Å². The monoisotopic (exact) mass is 238 g/mol. The second-order valence-electron chi connectivity index (χ2n) is 3.91. The van der Waals surface area contributed by atoms with Crippen LogP contribution in [0.15, 0.2) is 24.3 Å². The van der Waals surface area contributed by atoms with Gasteiger partial charge in [0.25, 0.3) is 5.91 Å². The summed E-state index contributed by atoms with van der Waals surface area (Å²) in [6.07, 6.45) is 0. The van der Waals surface area contributed by atoms with Gasteiger partial charge in [-0.15, -0.1) is 0 Å². The molecule has 0 aromatic heterocycles. The van der Waals surface area contributed by atoms with Gasteiger partial charge in [-0.3, -0.25) is 4.79 Å². The van der Waals surface area contributed by atoms with Crippen LogP contribution in [-0.2, 0) is 0 Å². The Bertz CT molecular complexity index is 373. The molecule has 1 saturated heterocycles. The summed E-state index contributed by atoms with van der Waals surface area (Å²) in [4.78, 5) is 14.1. The van der Waals surface area contributed by atoms with Gasteiger partial charge >= 0.3 is 0 Å². The van der Waals surface area contributed by atoms with Crippen molar-refractivity contribution in [1.82, 2.24) is 10.2 Å². The highest BCUT2D eigenvalue weighted by molar-refractivity contribution is 6.30. The van der Waals surface area contributed by atoms with Gasteiger partial charge in [0, 0.05) is 30.2 Å². The van der Waals surface area contributed by atoms with Gasteiger partial charge in [0.1, 0.15) is 0 Å². The number of hydrogen-bond acceptors (Lipinski definition) is 2. The smallest absolute Gasteiger partial charge is 0.254 e. The summed E-state index contributed by atoms with van der Waals surface area (Å²) in [7, 11) is 0. The van der Waals surface area contributed by atoms with Crippen molar-refractivity contribution >= 4 is 17.5 Å². The van der Waals surface area contributed by atoms with Gasteiger partial charge in [0.2, 0.25) is 0 Å². The third kappa shape index (κ3) is 2.20. The van der Waals surface area contributed by atoms with Crippen LogP contribution in [0.25, 0.3) is 0 Å². The Balaban J connectivity index is 2.12. The Morgan fingerprint density at radius 1 is 1.44 bits per heavy atom. The lowest BCUT2D eigenvalue weighted by Gasteiger charge is -2.37. The van der Waals surface area contributed by atoms with Crippen LogP contribution in [0.4, 0.5) is 0 Å². The summed E-state index contributed by atoms with van der Waals surface area (Å²) in [6, 6.07) is 7.40. The Labute approximate surface area is 100 Å². The van der Waals surface area contributed by atoms with Gasteiger partial charge in [-0.05, 0) is 31.2 Å². The van der Waals surface area contributed by atoms with Crippen LogP contribution in [0.5, 0.6) is 0 Å². The molecule has 0 spiro atoms. The molecule has 4 heteroatoms. The predicted octanol–water partition coefficient (Wildman–Crippen LogP) is 1.77. The van der Waals surface area contributed by atoms with Crippen molar-refractivity contribution in [2.45, 2.75) is 13.0 Å². The summed E-state index contributed by atoms with van der Waals surface area (Å²) >= 11 is 5.80. The average molecular weight is 239 g/mol. The fourth-order valence-electron chi connectivity index (χ4n) is 1.82. The van der Waals surface area contributed by atoms with Crippen molar-refractivity contribution in [1.29, 1.82) is 0 Å². The van der Waals surface area contributed by atoms with E-state index in [1.807, 2.05) is 11.8 Å². The number of carbonyl (C=O) groups excluding carboxylic acids is 1. The molecule has 3 nitrogen and oxygen atoms in total. The lowest BCUT2D eigenvalue weighted by atomic mass is 10.1. The molecule has 0 aliphatic carbocycles. The van der Waals surface area contributed by atoms with Crippen molar-refractivity contribution < 1.29 is 4.79 Å². The predicted molar refractivity (Wildman–Crippen MR) is 64.8 cm³/mol. The number of likely N-dealkylation sites (N-methyl/N-ethyl adjacent to an activating group) is 1. The number of nitrogens with one attached hydrogen (secondary N) is 1. The average Bonchev–Trinajstić information content (AvgIpc) is 2.23. The van der Waals surface area contributed by atoms with Crippen LogP contribution in [0, 0.1) is 0 Å². The van der Waals surface area contributed by atoms with E-state index in [0.29, 0.717) is 16.6 Å². The maximum atomic E-state index is 12.2. The molecular weight excluding hydrogens is 224 g/mol. The Kier molecular flexibility index (Phi) is 3.46. The molecule has 0 atom stereocenters. The highest BCUT2D eigenvalue weighted by Crippen LogP contribution is 2.14. The molecule has 1 heterocycles. The highest BCUT2D eigenvalue weighted by atomic mass is 35.5. The molecule has 16 heavy (non-hydrogen) atoms. The van der Waals surface area contributed by atoms with E-state index in [9.17, 15) is 4.79 Å². The minimum Gasteiger partial charge on any atom is -0.333 e. The zero-order valence-corrected chi connectivity index (χ0v) is 10.00. The van der Waals surface area contributed by atoms with Crippen molar-refractivity contribution in [2.24, 2.45) is 0 Å². The first-order chi connectivity index (χ1) is 7.72. The van der Waals surface area contributed by atoms with Crippen molar-refractivity contribution in [3.05, 3.63) is 34.9 Å². The number of rotatable bonds is 3. The summed E-state index contributed by atoms with van der Waals surface area (Å²) in [5, 5.41) is 3.83. The topological polar surface area (TPSA) is 32.3 Å². The Hall–Kier alpha value is -1.06. The van der Waals surface area contributed by atoms with Crippen LogP contribution in [0.3, 0.4) is 0 Å². The lowest BCUT2D eigenvalue weighted by Crippen LogP contribution is -2.58. The van der Waals surface area contributed by atoms with Gasteiger partial charge in [0.15, 0.2) is 0 Å². The second-order valence-corrected chi connectivity index (χ2v) is 4.35. The first kappa shape index (κ1) is 11.4. The summed E-state index contributed by atoms with van der Waals surface area (Å²) in [5.41, 5.74) is 0.707. The maximum absolute atomic E-state index is 12.2. The third-order valence-corrected chi connectivity index (χ3v) is 3.15. The molecule has 0 radical (unpaired) electrons. The van der Waals surface area contributed by atoms with E-state index in [1.54, 1.807) is 24.3 Å². The minimum atomic E-state index is 0.0886. The lowest BCUT2D eigenvalue weighted by molar-refractivity contribution is 0.0630. The molecule has 1 aromatic rings. The maximum Gasteiger partial charge on any atom is 0.254 e. The quantitative estimate of drug-likeness (QED) is 0.871. The van der Waals surface area contributed by atoms with Crippen LogP contribution < -0.4 is 5.32 Å². The minimum absolute atomic E-state index is 0.0886. The molecule has 1 aliphatic heterocycles. The number of hydrogen-bond donors (Lipinski definition) is 1. The number of nitrogens with zero attached hydrogens (tertiary/aromatic N) is 1. The van der Waals surface area contributed by atoms with E-state index in [-0.39, 0.29) is 5.91 Å². The van der Waals surface area contributed by atoms with Crippen molar-refractivity contribution in [3.8, 4) is 0 Å². The van der Waals surface area contributed by atoms with Gasteiger partial charge in [-0.1, -0.05) is 11.6 Å². The van der Waals surface area contributed by atoms with Gasteiger partial charge in [0.05, 0.1) is 6.04 Å². The molecule has 1 fully saturated rings. The largest absolute Gasteiger partial charge is 0.333 e. The number of benzene rings is 1. The fraction of sp³-hybridized carbons (Fsp3) is 0.417. The zero-order chi connectivity index (χ0) is 11.5. The third-order valence-electron chi connectivity index (χ3n) is 2.89. The molecular formula is C12H15ClN2O. The van der Waals surface area contributed by atoms with Crippen LogP contribution in [0.2, 0.25) is 5.02 Å². The molecule has 1 amide bonds. The van der Waals surface area contributed by atoms with Gasteiger partial charge in [-0.25, -0.2) is 0 Å². The zero-order valence-electron chi connectivity index (χ0n) is 9.24. The molecule has 1 aliphatic rings. The van der Waals surface area contributed by atoms with E-state index < -0.39 is 0 Å². The summed E-state index contributed by atoms with van der Waals surface area (Å²) in [5.74, 6) is 0.0886. The van der Waals surface area contributed by atoms with Gasteiger partial charge < -0.3 is 10.2 Å². The Morgan fingerprint density at radius 2 is 2.06 bits per heavy atom. The second kappa shape index (κ2) is 4.85. The number of halogens is 1. The van der Waals surface area contributed by atoms with E-state index in [1.165, 1.54) is 0 Å². The van der Waals surface area contributed by atoms with E-state index in [2.05, 4.69) is 5.32 Å². The number of carbonyl (C=O) groups is 1. The SMILES string of the molecule is CCN(C(=O)c1ccc(Cl)cc1)C1CNC1. The van der Waals surface area contributed by atoms with Crippen molar-refractivity contribution in [2.75, 3.05) is 19.6 Å². The van der Waals surface area contributed by atoms with Crippen LogP contribution in [0.1, 0.15) is 17.3 Å². The summed E-state index contributed by atoms with van der Waals surface area (Å²) < 4.78 is 0.